The number of carbonyl (C=O) groups is 1. The number of nitrogens with two attached hydrogens (primary N) is 1. The van der Waals surface area contributed by atoms with Crippen molar-refractivity contribution in [3.8, 4) is 11.5 Å². The summed E-state index contributed by atoms with van der Waals surface area (Å²) in [4.78, 5) is 22.3. The van der Waals surface area contributed by atoms with Crippen LogP contribution in [0, 0.1) is 0 Å². The molecule has 0 radical (unpaired) electrons. The average Bonchev–Trinajstić information content (AvgIpc) is 3.34. The molecule has 8 heteroatoms. The maximum absolute atomic E-state index is 13.5. The number of aromatic nitrogens is 2. The molecule has 8 nitrogen and oxygen atoms in total. The summed E-state index contributed by atoms with van der Waals surface area (Å²) in [6.45, 7) is 3.40. The van der Waals surface area contributed by atoms with Crippen molar-refractivity contribution in [3.63, 3.8) is 0 Å². The first-order valence-electron chi connectivity index (χ1n) is 13.7. The van der Waals surface area contributed by atoms with Crippen LogP contribution in [0.4, 0.5) is 5.69 Å². The Balaban J connectivity index is 1.23. The number of nitrogens with zero attached hydrogens (tertiary/aromatic N) is 5. The van der Waals surface area contributed by atoms with Crippen LogP contribution >= 0.6 is 0 Å². The Morgan fingerprint density at radius 1 is 1.08 bits per heavy atom. The molecule has 0 spiro atoms. The molecule has 0 saturated heterocycles. The third-order valence-corrected chi connectivity index (χ3v) is 7.81. The molecule has 200 valence electrons. The first-order chi connectivity index (χ1) is 18.5. The van der Waals surface area contributed by atoms with Crippen molar-refractivity contribution in [2.75, 3.05) is 6.54 Å². The summed E-state index contributed by atoms with van der Waals surface area (Å²) < 4.78 is 7.91. The minimum Gasteiger partial charge on any atom is -0.457 e. The van der Waals surface area contributed by atoms with Crippen molar-refractivity contribution in [3.05, 3.63) is 72.1 Å². The first kappa shape index (κ1) is 25.8. The number of rotatable bonds is 9. The fourth-order valence-electron chi connectivity index (χ4n) is 5.61. The van der Waals surface area contributed by atoms with Gasteiger partial charge in [-0.2, -0.15) is 5.10 Å². The van der Waals surface area contributed by atoms with Crippen LogP contribution in [-0.2, 0) is 18.4 Å². The number of benzene rings is 2. The molecule has 1 atom stereocenters. The molecule has 1 fully saturated rings. The van der Waals surface area contributed by atoms with Gasteiger partial charge in [-0.25, -0.2) is 4.99 Å². The van der Waals surface area contributed by atoms with Gasteiger partial charge in [0.25, 0.3) is 0 Å². The number of carbonyl (C=O) groups excluding carboxylic acids is 1. The zero-order valence-corrected chi connectivity index (χ0v) is 22.4. The van der Waals surface area contributed by atoms with Crippen LogP contribution in [0.3, 0.4) is 0 Å². The van der Waals surface area contributed by atoms with Gasteiger partial charge in [-0.3, -0.25) is 9.48 Å². The lowest BCUT2D eigenvalue weighted by atomic mass is 9.93. The van der Waals surface area contributed by atoms with Crippen molar-refractivity contribution in [2.45, 2.75) is 70.5 Å². The summed E-state index contributed by atoms with van der Waals surface area (Å²) in [5.41, 5.74) is 9.38. The Morgan fingerprint density at radius 3 is 2.61 bits per heavy atom. The number of hydrogen-bond acceptors (Lipinski definition) is 6. The highest BCUT2D eigenvalue weighted by Crippen LogP contribution is 2.37. The molecular weight excluding hydrogens is 476 g/mol. The third kappa shape index (κ3) is 5.85. The molecule has 1 amide bonds. The normalized spacial score (nSPS) is 17.6. The second kappa shape index (κ2) is 11.7. The maximum Gasteiger partial charge on any atom is 0.223 e. The number of aryl methyl sites for hydroxylation is 1. The largest absolute Gasteiger partial charge is 0.457 e. The molecule has 5 rings (SSSR count). The Labute approximate surface area is 225 Å². The van der Waals surface area contributed by atoms with Crippen molar-refractivity contribution < 1.29 is 9.53 Å². The number of aliphatic imine (C=N–C) groups is 1. The zero-order chi connectivity index (χ0) is 26.5. The second-order valence-corrected chi connectivity index (χ2v) is 10.3. The van der Waals surface area contributed by atoms with Gasteiger partial charge in [-0.05, 0) is 62.6 Å². The van der Waals surface area contributed by atoms with E-state index in [1.165, 1.54) is 19.3 Å². The highest BCUT2D eigenvalue weighted by Gasteiger charge is 2.28. The molecule has 1 aliphatic heterocycles. The molecule has 1 aromatic heterocycles. The Kier molecular flexibility index (Phi) is 7.96. The molecule has 1 aliphatic carbocycles. The molecule has 38 heavy (non-hydrogen) atoms. The zero-order valence-electron chi connectivity index (χ0n) is 22.4. The molecule has 2 aliphatic rings. The molecule has 2 heterocycles. The van der Waals surface area contributed by atoms with E-state index in [2.05, 4.69) is 26.8 Å². The second-order valence-electron chi connectivity index (χ2n) is 10.3. The van der Waals surface area contributed by atoms with E-state index in [1.807, 2.05) is 66.3 Å². The molecule has 3 aromatic rings. The van der Waals surface area contributed by atoms with Gasteiger partial charge in [0.15, 0.2) is 5.96 Å². The number of ether oxygens (including phenoxy) is 1. The summed E-state index contributed by atoms with van der Waals surface area (Å²) in [5, 5.41) is 4.30. The van der Waals surface area contributed by atoms with Crippen LogP contribution in [-0.4, -0.2) is 44.0 Å². The van der Waals surface area contributed by atoms with Crippen LogP contribution < -0.4 is 10.5 Å². The van der Waals surface area contributed by atoms with Crippen molar-refractivity contribution in [1.82, 2.24) is 19.6 Å². The van der Waals surface area contributed by atoms with Gasteiger partial charge < -0.3 is 20.3 Å². The Bertz CT molecular complexity index is 1260. The predicted octanol–water partition coefficient (Wildman–Crippen LogP) is 5.68. The fraction of sp³-hybridized carbons (Fsp3) is 0.433. The van der Waals surface area contributed by atoms with Gasteiger partial charge in [-0.15, -0.1) is 0 Å². The van der Waals surface area contributed by atoms with Crippen molar-refractivity contribution in [2.24, 2.45) is 17.8 Å². The lowest BCUT2D eigenvalue weighted by Gasteiger charge is -2.36. The number of amides is 1. The molecule has 2 N–H and O–H groups in total. The summed E-state index contributed by atoms with van der Waals surface area (Å²) >= 11 is 0. The number of guanidine groups is 1. The molecule has 2 aromatic carbocycles. The van der Waals surface area contributed by atoms with E-state index in [1.54, 1.807) is 6.20 Å². The highest BCUT2D eigenvalue weighted by atomic mass is 16.5. The van der Waals surface area contributed by atoms with E-state index in [4.69, 9.17) is 10.5 Å². The van der Waals surface area contributed by atoms with Crippen LogP contribution in [0.2, 0.25) is 0 Å². The van der Waals surface area contributed by atoms with E-state index in [0.29, 0.717) is 37.9 Å². The van der Waals surface area contributed by atoms with Gasteiger partial charge in [0.1, 0.15) is 11.5 Å². The van der Waals surface area contributed by atoms with Crippen molar-refractivity contribution >= 4 is 17.6 Å². The number of para-hydroxylation sites is 1. The van der Waals surface area contributed by atoms with Crippen molar-refractivity contribution in [1.29, 1.82) is 0 Å². The molecule has 1 saturated carbocycles. The Hall–Kier alpha value is -3.81. The van der Waals surface area contributed by atoms with E-state index in [-0.39, 0.29) is 11.9 Å². The molecule has 1 unspecified atom stereocenters. The Morgan fingerprint density at radius 2 is 1.87 bits per heavy atom. The van der Waals surface area contributed by atoms with E-state index in [9.17, 15) is 4.79 Å². The van der Waals surface area contributed by atoms with E-state index < -0.39 is 0 Å². The van der Waals surface area contributed by atoms with Crippen LogP contribution in [0.5, 0.6) is 11.5 Å². The van der Waals surface area contributed by atoms with Gasteiger partial charge in [0.2, 0.25) is 5.91 Å². The topological polar surface area (TPSA) is 89.0 Å². The minimum atomic E-state index is 0.0285. The summed E-state index contributed by atoms with van der Waals surface area (Å²) in [5.74, 6) is 2.26. The quantitative estimate of drug-likeness (QED) is 0.397. The summed E-state index contributed by atoms with van der Waals surface area (Å²) in [7, 11) is 1.94. The summed E-state index contributed by atoms with van der Waals surface area (Å²) in [6, 6.07) is 18.0. The highest BCUT2D eigenvalue weighted by molar-refractivity contribution is 5.84. The van der Waals surface area contributed by atoms with Crippen LogP contribution in [0.25, 0.3) is 0 Å². The standard InChI is InChI=1S/C30H38N6O2/c1-22-27-20-26(38-25-12-7-4-8-13-25)15-16-28(27)33-30(31)35(22)19-9-14-29(37)36(23-10-5-3-6-11-23)21-24-17-18-32-34(24)2/h4,7-8,12-13,15-18,20,22-23H,3,5-6,9-11,14,19,21H2,1-2H3,(H2,31,33). The first-order valence-corrected chi connectivity index (χ1v) is 13.7. The predicted molar refractivity (Wildman–Crippen MR) is 149 cm³/mol. The maximum atomic E-state index is 13.5. The lowest BCUT2D eigenvalue weighted by molar-refractivity contribution is -0.135. The van der Waals surface area contributed by atoms with Gasteiger partial charge in [0, 0.05) is 37.8 Å². The minimum absolute atomic E-state index is 0.0285. The monoisotopic (exact) mass is 514 g/mol. The lowest BCUT2D eigenvalue weighted by Crippen LogP contribution is -2.43. The van der Waals surface area contributed by atoms with Gasteiger partial charge >= 0.3 is 0 Å². The van der Waals surface area contributed by atoms with E-state index >= 15 is 0 Å². The molecular formula is C30H38N6O2. The van der Waals surface area contributed by atoms with Gasteiger partial charge in [-0.1, -0.05) is 37.5 Å². The third-order valence-electron chi connectivity index (χ3n) is 7.81. The van der Waals surface area contributed by atoms with Gasteiger partial charge in [0.05, 0.1) is 24.0 Å². The SMILES string of the molecule is CC1c2cc(Oc3ccccc3)ccc2N=C(N)N1CCCC(=O)N(Cc1ccnn1C)C1CCCCC1. The molecule has 0 bridgehead atoms. The smallest absolute Gasteiger partial charge is 0.223 e. The number of hydrogen-bond donors (Lipinski definition) is 1. The fourth-order valence-corrected chi connectivity index (χ4v) is 5.61. The summed E-state index contributed by atoms with van der Waals surface area (Å²) in [6.07, 6.45) is 8.79. The van der Waals surface area contributed by atoms with Crippen LogP contribution in [0.15, 0.2) is 65.8 Å². The average molecular weight is 515 g/mol. The van der Waals surface area contributed by atoms with E-state index in [0.717, 1.165) is 41.3 Å². The van der Waals surface area contributed by atoms with Crippen LogP contribution in [0.1, 0.15) is 69.2 Å². The number of fused-ring (bicyclic) bond motifs is 1.